The Morgan fingerprint density at radius 2 is 2.12 bits per heavy atom. The maximum absolute atomic E-state index is 14.1. The predicted molar refractivity (Wildman–Crippen MR) is 125 cm³/mol. The van der Waals surface area contributed by atoms with Gasteiger partial charge in [-0.25, -0.2) is 14.4 Å². The first-order chi connectivity index (χ1) is 16.4. The van der Waals surface area contributed by atoms with Gasteiger partial charge >= 0.3 is 0 Å². The summed E-state index contributed by atoms with van der Waals surface area (Å²) in [5, 5.41) is 3.95. The van der Waals surface area contributed by atoms with E-state index in [2.05, 4.69) is 19.6 Å². The minimum absolute atomic E-state index is 0.00736. The summed E-state index contributed by atoms with van der Waals surface area (Å²) in [6.07, 6.45) is 3.22. The first-order valence-electron chi connectivity index (χ1n) is 10.8. The number of rotatable bonds is 6. The van der Waals surface area contributed by atoms with Crippen molar-refractivity contribution in [3.8, 4) is 11.5 Å². The molecular formula is C23H24FN4O5S-. The van der Waals surface area contributed by atoms with E-state index in [4.69, 9.17) is 18.9 Å². The quantitative estimate of drug-likeness (QED) is 0.517. The van der Waals surface area contributed by atoms with Crippen LogP contribution in [0.2, 0.25) is 0 Å². The second-order valence-corrected chi connectivity index (χ2v) is 9.13. The van der Waals surface area contributed by atoms with Gasteiger partial charge in [-0.2, -0.15) is 10.6 Å². The highest BCUT2D eigenvalue weighted by molar-refractivity contribution is 7.74. The van der Waals surface area contributed by atoms with Crippen LogP contribution in [0.1, 0.15) is 12.0 Å². The van der Waals surface area contributed by atoms with Crippen LogP contribution in [0.4, 0.5) is 21.6 Å². The largest absolute Gasteiger partial charge is 0.494 e. The van der Waals surface area contributed by atoms with E-state index in [-0.39, 0.29) is 18.3 Å². The minimum atomic E-state index is -1.41. The van der Waals surface area contributed by atoms with E-state index in [0.717, 1.165) is 12.0 Å². The summed E-state index contributed by atoms with van der Waals surface area (Å²) >= 11 is 0. The van der Waals surface area contributed by atoms with Gasteiger partial charge in [0.15, 0.2) is 6.10 Å². The van der Waals surface area contributed by atoms with Crippen molar-refractivity contribution in [3.63, 3.8) is 0 Å². The molecule has 0 spiro atoms. The van der Waals surface area contributed by atoms with E-state index in [0.29, 0.717) is 52.8 Å². The standard InChI is InChI=1S/C23H24FN4O5S/c1-12-20-15(9-16(21(12)30-2)28-34(3)29)25-11-26-23(20)27-14-5-4-13(24)8-18(14)33-19-10-32-17-6-7-31-22(17)19/h4-5,8-9,11,17,19,22H,6-7,10H2,1-3H3,(H,25,26,27)/q-1/t17-,19-,22+/m1/s1. The summed E-state index contributed by atoms with van der Waals surface area (Å²) < 4.78 is 53.2. The van der Waals surface area contributed by atoms with E-state index >= 15 is 0 Å². The molecule has 1 aromatic heterocycles. The molecule has 34 heavy (non-hydrogen) atoms. The molecule has 1 N–H and O–H groups in total. The molecule has 2 saturated heterocycles. The number of fused-ring (bicyclic) bond motifs is 2. The van der Waals surface area contributed by atoms with Gasteiger partial charge < -0.3 is 32.8 Å². The van der Waals surface area contributed by atoms with Gasteiger partial charge in [-0.1, -0.05) is 0 Å². The number of methoxy groups -OCH3 is 1. The lowest BCUT2D eigenvalue weighted by atomic mass is 10.1. The fourth-order valence-electron chi connectivity index (χ4n) is 4.46. The molecule has 3 atom stereocenters. The Labute approximate surface area is 197 Å². The molecule has 2 aromatic carbocycles. The van der Waals surface area contributed by atoms with Crippen molar-refractivity contribution in [1.82, 2.24) is 9.97 Å². The average molecular weight is 488 g/mol. The van der Waals surface area contributed by atoms with Gasteiger partial charge in [-0.15, -0.1) is 6.26 Å². The Morgan fingerprint density at radius 3 is 2.91 bits per heavy atom. The van der Waals surface area contributed by atoms with Gasteiger partial charge in [0.2, 0.25) is 0 Å². The monoisotopic (exact) mass is 487 g/mol. The van der Waals surface area contributed by atoms with Gasteiger partial charge in [0.1, 0.15) is 35.6 Å². The number of hydrogen-bond acceptors (Lipinski definition) is 10. The van der Waals surface area contributed by atoms with Gasteiger partial charge in [0.05, 0.1) is 36.7 Å². The number of ether oxygens (including phenoxy) is 4. The highest BCUT2D eigenvalue weighted by Gasteiger charge is 2.43. The Kier molecular flexibility index (Phi) is 6.24. The first-order valence-corrected chi connectivity index (χ1v) is 12.3. The van der Waals surface area contributed by atoms with E-state index in [9.17, 15) is 8.60 Å². The van der Waals surface area contributed by atoms with Crippen molar-refractivity contribution in [1.29, 1.82) is 0 Å². The molecule has 11 heteroatoms. The lowest BCUT2D eigenvalue weighted by Crippen LogP contribution is -2.32. The summed E-state index contributed by atoms with van der Waals surface area (Å²) in [6.45, 7) is 2.85. The molecule has 0 saturated carbocycles. The molecule has 0 unspecified atom stereocenters. The molecule has 9 nitrogen and oxygen atoms in total. The summed E-state index contributed by atoms with van der Waals surface area (Å²) in [5.74, 6) is 0.865. The van der Waals surface area contributed by atoms with Crippen molar-refractivity contribution in [2.24, 2.45) is 4.36 Å². The third-order valence-corrected chi connectivity index (χ3v) is 6.38. The molecule has 3 aromatic rings. The van der Waals surface area contributed by atoms with Gasteiger partial charge in [0, 0.05) is 23.6 Å². The number of anilines is 2. The van der Waals surface area contributed by atoms with Crippen LogP contribution in [0.15, 0.2) is 35.0 Å². The molecule has 0 radical (unpaired) electrons. The number of nitrogens with one attached hydrogen (secondary N) is 1. The highest BCUT2D eigenvalue weighted by Crippen LogP contribution is 2.40. The van der Waals surface area contributed by atoms with Crippen LogP contribution in [0.5, 0.6) is 11.5 Å². The van der Waals surface area contributed by atoms with E-state index in [1.54, 1.807) is 12.1 Å². The van der Waals surface area contributed by atoms with Gasteiger partial charge in [0.25, 0.3) is 0 Å². The third-order valence-electron chi connectivity index (χ3n) is 5.92. The third kappa shape index (κ3) is 4.26. The molecule has 2 fully saturated rings. The second kappa shape index (κ2) is 9.32. The first kappa shape index (κ1) is 22.8. The lowest BCUT2D eigenvalue weighted by Gasteiger charge is -2.21. The van der Waals surface area contributed by atoms with Crippen LogP contribution in [-0.2, 0) is 24.3 Å². The molecule has 0 aliphatic carbocycles. The zero-order chi connectivity index (χ0) is 23.8. The van der Waals surface area contributed by atoms with Gasteiger partial charge in [-0.05, 0) is 31.5 Å². The molecular weight excluding hydrogens is 463 g/mol. The summed E-state index contributed by atoms with van der Waals surface area (Å²) in [6, 6.07) is 5.97. The average Bonchev–Trinajstić information content (AvgIpc) is 3.40. The maximum Gasteiger partial charge on any atom is 0.151 e. The van der Waals surface area contributed by atoms with Crippen LogP contribution in [0.25, 0.3) is 10.9 Å². The van der Waals surface area contributed by atoms with E-state index < -0.39 is 16.4 Å². The van der Waals surface area contributed by atoms with Crippen LogP contribution in [0, 0.1) is 12.7 Å². The summed E-state index contributed by atoms with van der Waals surface area (Å²) in [7, 11) is 0.111. The van der Waals surface area contributed by atoms with Crippen molar-refractivity contribution in [2.45, 2.75) is 31.7 Å². The van der Waals surface area contributed by atoms with E-state index in [1.165, 1.54) is 31.8 Å². The molecule has 5 rings (SSSR count). The fraction of sp³-hybridized carbons (Fsp3) is 0.391. The normalized spacial score (nSPS) is 22.6. The van der Waals surface area contributed by atoms with Gasteiger partial charge in [-0.3, -0.25) is 0 Å². The smallest absolute Gasteiger partial charge is 0.151 e. The lowest BCUT2D eigenvalue weighted by molar-refractivity contribution is 0.0310. The zero-order valence-corrected chi connectivity index (χ0v) is 19.7. The fourth-order valence-corrected chi connectivity index (χ4v) is 4.87. The highest BCUT2D eigenvalue weighted by atomic mass is 32.2. The second-order valence-electron chi connectivity index (χ2n) is 8.10. The van der Waals surface area contributed by atoms with Crippen LogP contribution in [-0.4, -0.2) is 54.9 Å². The van der Waals surface area contributed by atoms with Crippen molar-refractivity contribution >= 4 is 38.7 Å². The number of halogens is 1. The minimum Gasteiger partial charge on any atom is -0.494 e. The predicted octanol–water partition coefficient (Wildman–Crippen LogP) is 4.17. The molecule has 0 amide bonds. The Morgan fingerprint density at radius 1 is 1.26 bits per heavy atom. The molecule has 0 bridgehead atoms. The number of hydrogen-bond donors (Lipinski definition) is 1. The van der Waals surface area contributed by atoms with Crippen molar-refractivity contribution in [3.05, 3.63) is 42.0 Å². The number of aryl methyl sites for hydroxylation is 1. The molecule has 180 valence electrons. The maximum atomic E-state index is 14.1. The molecule has 2 aliphatic heterocycles. The van der Waals surface area contributed by atoms with Crippen LogP contribution >= 0.6 is 0 Å². The Balaban J connectivity index is 1.53. The van der Waals surface area contributed by atoms with Crippen molar-refractivity contribution < 1.29 is 27.5 Å². The number of benzene rings is 2. The summed E-state index contributed by atoms with van der Waals surface area (Å²) in [5.41, 5.74) is 2.29. The molecule has 3 heterocycles. The SMILES string of the molecule is COc1c(N=[S-](C)=O)cc2ncnc(Nc3ccc(F)cc3O[C@@H]3CO[C@@H]4CCO[C@@H]43)c2c1C. The van der Waals surface area contributed by atoms with Crippen molar-refractivity contribution in [2.75, 3.05) is 31.9 Å². The summed E-state index contributed by atoms with van der Waals surface area (Å²) in [4.78, 5) is 8.76. The van der Waals surface area contributed by atoms with Crippen LogP contribution in [0.3, 0.4) is 0 Å². The number of nitrogens with zero attached hydrogens (tertiary/aromatic N) is 3. The zero-order valence-electron chi connectivity index (χ0n) is 18.9. The topological polar surface area (TPSA) is 104 Å². The molecule has 2 aliphatic rings. The Bertz CT molecular complexity index is 1330. The van der Waals surface area contributed by atoms with E-state index in [1.807, 2.05) is 6.92 Å². The Hall–Kier alpha value is -3.02. The number of aromatic nitrogens is 2. The van der Waals surface area contributed by atoms with Crippen LogP contribution < -0.4 is 14.8 Å².